The van der Waals surface area contributed by atoms with Gasteiger partial charge in [0.1, 0.15) is 0 Å². The number of thiol groups is 1. The Morgan fingerprint density at radius 1 is 0.786 bits per heavy atom. The zero-order chi connectivity index (χ0) is 9.80. The molecular weight excluding hydrogens is 208 g/mol. The molecule has 0 aromatic heterocycles. The number of hydrogen-bond acceptors (Lipinski definition) is 2. The van der Waals surface area contributed by atoms with Crippen LogP contribution in [0, 0.1) is 0 Å². The third-order valence-corrected chi connectivity index (χ3v) is 3.07. The zero-order valence-corrected chi connectivity index (χ0v) is 9.26. The van der Waals surface area contributed by atoms with Gasteiger partial charge < -0.3 is 0 Å². The first-order valence-electron chi connectivity index (χ1n) is 4.36. The SMILES string of the molecule is Sc1cccc(Sc2ccccc2)c1. The van der Waals surface area contributed by atoms with Gasteiger partial charge in [-0.25, -0.2) is 0 Å². The minimum absolute atomic E-state index is 1.01. The first-order chi connectivity index (χ1) is 6.84. The molecule has 2 aromatic rings. The maximum absolute atomic E-state index is 4.31. The predicted molar refractivity (Wildman–Crippen MR) is 64.3 cm³/mol. The van der Waals surface area contributed by atoms with Gasteiger partial charge in [0.15, 0.2) is 0 Å². The molecule has 0 fully saturated rings. The Kier molecular flexibility index (Phi) is 3.17. The van der Waals surface area contributed by atoms with Gasteiger partial charge in [-0.3, -0.25) is 0 Å². The summed E-state index contributed by atoms with van der Waals surface area (Å²) < 4.78 is 0. The molecule has 70 valence electrons. The van der Waals surface area contributed by atoms with Gasteiger partial charge in [-0.2, -0.15) is 0 Å². The molecule has 2 aromatic carbocycles. The summed E-state index contributed by atoms with van der Waals surface area (Å²) >= 11 is 6.06. The van der Waals surface area contributed by atoms with Crippen molar-refractivity contribution in [1.82, 2.24) is 0 Å². The molecule has 0 radical (unpaired) electrons. The van der Waals surface area contributed by atoms with Crippen molar-refractivity contribution in [2.75, 3.05) is 0 Å². The van der Waals surface area contributed by atoms with Crippen LogP contribution in [0.2, 0.25) is 0 Å². The second kappa shape index (κ2) is 4.58. The monoisotopic (exact) mass is 218 g/mol. The molecule has 0 aliphatic heterocycles. The maximum atomic E-state index is 4.31. The summed E-state index contributed by atoms with van der Waals surface area (Å²) in [6, 6.07) is 18.5. The number of benzene rings is 2. The van der Waals surface area contributed by atoms with E-state index in [2.05, 4.69) is 36.9 Å². The van der Waals surface area contributed by atoms with Crippen molar-refractivity contribution < 1.29 is 0 Å². The first kappa shape index (κ1) is 9.69. The van der Waals surface area contributed by atoms with E-state index in [1.807, 2.05) is 30.3 Å². The molecule has 0 atom stereocenters. The van der Waals surface area contributed by atoms with E-state index in [-0.39, 0.29) is 0 Å². The predicted octanol–water partition coefficient (Wildman–Crippen LogP) is 4.13. The molecule has 2 heteroatoms. The Balaban J connectivity index is 2.19. The largest absolute Gasteiger partial charge is 0.143 e. The molecule has 0 unspecified atom stereocenters. The Morgan fingerprint density at radius 3 is 2.21 bits per heavy atom. The summed E-state index contributed by atoms with van der Waals surface area (Å²) in [5, 5.41) is 0. The number of rotatable bonds is 2. The van der Waals surface area contributed by atoms with Crippen LogP contribution in [0.1, 0.15) is 0 Å². The third-order valence-electron chi connectivity index (χ3n) is 1.80. The lowest BCUT2D eigenvalue weighted by Crippen LogP contribution is -1.72. The van der Waals surface area contributed by atoms with E-state index >= 15 is 0 Å². The van der Waals surface area contributed by atoms with Gasteiger partial charge >= 0.3 is 0 Å². The van der Waals surface area contributed by atoms with Gasteiger partial charge in [0, 0.05) is 14.7 Å². The molecule has 0 bridgehead atoms. The Labute approximate surface area is 93.8 Å². The van der Waals surface area contributed by atoms with E-state index < -0.39 is 0 Å². The molecule has 14 heavy (non-hydrogen) atoms. The summed E-state index contributed by atoms with van der Waals surface area (Å²) in [5.74, 6) is 0. The molecule has 2 rings (SSSR count). The van der Waals surface area contributed by atoms with Crippen LogP contribution in [0.4, 0.5) is 0 Å². The minimum Gasteiger partial charge on any atom is -0.143 e. The van der Waals surface area contributed by atoms with E-state index in [9.17, 15) is 0 Å². The van der Waals surface area contributed by atoms with Gasteiger partial charge in [0.25, 0.3) is 0 Å². The summed E-state index contributed by atoms with van der Waals surface area (Å²) in [6.45, 7) is 0. The van der Waals surface area contributed by atoms with Gasteiger partial charge in [0.05, 0.1) is 0 Å². The second-order valence-electron chi connectivity index (χ2n) is 2.91. The van der Waals surface area contributed by atoms with E-state index in [4.69, 9.17) is 0 Å². The van der Waals surface area contributed by atoms with Crippen LogP contribution in [0.15, 0.2) is 69.3 Å². The molecule has 0 saturated carbocycles. The van der Waals surface area contributed by atoms with Crippen molar-refractivity contribution in [3.63, 3.8) is 0 Å². The van der Waals surface area contributed by atoms with E-state index in [1.54, 1.807) is 11.8 Å². The lowest BCUT2D eigenvalue weighted by atomic mass is 10.4. The van der Waals surface area contributed by atoms with E-state index in [0.29, 0.717) is 0 Å². The van der Waals surface area contributed by atoms with Crippen LogP contribution in [0.5, 0.6) is 0 Å². The molecule has 0 aliphatic rings. The smallest absolute Gasteiger partial charge is 0.0133 e. The maximum Gasteiger partial charge on any atom is 0.0133 e. The van der Waals surface area contributed by atoms with Crippen LogP contribution in [0.3, 0.4) is 0 Å². The highest BCUT2D eigenvalue weighted by Gasteiger charge is 1.95. The van der Waals surface area contributed by atoms with Crippen molar-refractivity contribution in [1.29, 1.82) is 0 Å². The van der Waals surface area contributed by atoms with Gasteiger partial charge in [-0.15, -0.1) is 12.6 Å². The van der Waals surface area contributed by atoms with Gasteiger partial charge in [-0.05, 0) is 30.3 Å². The standard InChI is InChI=1S/C12H10S2/c13-10-5-4-8-12(9-10)14-11-6-2-1-3-7-11/h1-9,13H. The highest BCUT2D eigenvalue weighted by Crippen LogP contribution is 2.28. The van der Waals surface area contributed by atoms with Crippen LogP contribution in [-0.4, -0.2) is 0 Å². The highest BCUT2D eigenvalue weighted by atomic mass is 32.2. The van der Waals surface area contributed by atoms with Crippen LogP contribution >= 0.6 is 24.4 Å². The lowest BCUT2D eigenvalue weighted by Gasteiger charge is -2.01. The lowest BCUT2D eigenvalue weighted by molar-refractivity contribution is 1.33. The van der Waals surface area contributed by atoms with E-state index in [1.165, 1.54) is 9.79 Å². The fraction of sp³-hybridized carbons (Fsp3) is 0. The van der Waals surface area contributed by atoms with Crippen molar-refractivity contribution in [2.45, 2.75) is 14.7 Å². The normalized spacial score (nSPS) is 10.1. The van der Waals surface area contributed by atoms with Crippen LogP contribution in [-0.2, 0) is 0 Å². The van der Waals surface area contributed by atoms with Gasteiger partial charge in [-0.1, -0.05) is 36.0 Å². The van der Waals surface area contributed by atoms with Crippen molar-refractivity contribution >= 4 is 24.4 Å². The fourth-order valence-electron chi connectivity index (χ4n) is 1.17. The Hall–Kier alpha value is -0.860. The molecule has 0 nitrogen and oxygen atoms in total. The summed E-state index contributed by atoms with van der Waals surface area (Å²) in [6.07, 6.45) is 0. The molecular formula is C12H10S2. The summed E-state index contributed by atoms with van der Waals surface area (Å²) in [4.78, 5) is 3.49. The summed E-state index contributed by atoms with van der Waals surface area (Å²) in [5.41, 5.74) is 0. The quantitative estimate of drug-likeness (QED) is 0.740. The third kappa shape index (κ3) is 2.56. The minimum atomic E-state index is 1.01. The molecule has 0 heterocycles. The topological polar surface area (TPSA) is 0 Å². The molecule has 0 spiro atoms. The zero-order valence-electron chi connectivity index (χ0n) is 7.55. The summed E-state index contributed by atoms with van der Waals surface area (Å²) in [7, 11) is 0. The molecule has 0 N–H and O–H groups in total. The second-order valence-corrected chi connectivity index (χ2v) is 4.58. The number of hydrogen-bond donors (Lipinski definition) is 1. The van der Waals surface area contributed by atoms with Crippen molar-refractivity contribution in [3.05, 3.63) is 54.6 Å². The van der Waals surface area contributed by atoms with E-state index in [0.717, 1.165) is 4.90 Å². The van der Waals surface area contributed by atoms with Crippen molar-refractivity contribution in [3.8, 4) is 0 Å². The fourth-order valence-corrected chi connectivity index (χ4v) is 2.38. The molecule has 0 amide bonds. The van der Waals surface area contributed by atoms with Crippen LogP contribution < -0.4 is 0 Å². The highest BCUT2D eigenvalue weighted by molar-refractivity contribution is 7.99. The average Bonchev–Trinajstić information content (AvgIpc) is 2.19. The first-order valence-corrected chi connectivity index (χ1v) is 5.63. The Bertz CT molecular complexity index is 410. The molecule has 0 saturated heterocycles. The average molecular weight is 218 g/mol. The van der Waals surface area contributed by atoms with Crippen molar-refractivity contribution in [2.24, 2.45) is 0 Å². The van der Waals surface area contributed by atoms with Crippen LogP contribution in [0.25, 0.3) is 0 Å². The van der Waals surface area contributed by atoms with Gasteiger partial charge in [0.2, 0.25) is 0 Å². The molecule has 0 aliphatic carbocycles. The Morgan fingerprint density at radius 2 is 1.50 bits per heavy atom.